The summed E-state index contributed by atoms with van der Waals surface area (Å²) in [4.78, 5) is 18.6. The number of ether oxygens (including phenoxy) is 1. The van der Waals surface area contributed by atoms with Gasteiger partial charge in [0.15, 0.2) is 4.88 Å². The van der Waals surface area contributed by atoms with E-state index in [4.69, 9.17) is 10.5 Å². The average Bonchev–Trinajstić information content (AvgIpc) is 2.66. The number of nitrogens with two attached hydrogens (primary N) is 1. The lowest BCUT2D eigenvalue weighted by molar-refractivity contribution is -0.0566. The summed E-state index contributed by atoms with van der Waals surface area (Å²) in [6.45, 7) is 10.7. The monoisotopic (exact) mass is 311 g/mol. The van der Waals surface area contributed by atoms with Gasteiger partial charge in [0.2, 0.25) is 5.88 Å². The van der Waals surface area contributed by atoms with Gasteiger partial charge in [0.25, 0.3) is 5.91 Å². The molecule has 5 nitrogen and oxygen atoms in total. The van der Waals surface area contributed by atoms with Crippen molar-refractivity contribution in [2.24, 2.45) is 5.73 Å². The highest BCUT2D eigenvalue weighted by Crippen LogP contribution is 2.39. The minimum Gasteiger partial charge on any atom is -0.473 e. The Labute approximate surface area is 130 Å². The number of thiazole rings is 1. The summed E-state index contributed by atoms with van der Waals surface area (Å²) in [6, 6.07) is 0. The Morgan fingerprint density at radius 2 is 1.86 bits per heavy atom. The molecule has 6 heteroatoms. The molecule has 1 aromatic rings. The molecule has 0 aromatic carbocycles. The van der Waals surface area contributed by atoms with E-state index in [9.17, 15) is 4.79 Å². The van der Waals surface area contributed by atoms with Gasteiger partial charge in [-0.3, -0.25) is 9.69 Å². The van der Waals surface area contributed by atoms with Crippen LogP contribution in [-0.4, -0.2) is 40.0 Å². The highest BCUT2D eigenvalue weighted by Gasteiger charge is 2.44. The Balaban J connectivity index is 2.23. The minimum absolute atomic E-state index is 0.0321. The van der Waals surface area contributed by atoms with Crippen LogP contribution in [0.3, 0.4) is 0 Å². The number of aromatic nitrogens is 1. The third kappa shape index (κ3) is 3.21. The third-order valence-corrected chi connectivity index (χ3v) is 5.44. The maximum atomic E-state index is 11.5. The summed E-state index contributed by atoms with van der Waals surface area (Å²) in [5.74, 6) is -0.0757. The zero-order valence-electron chi connectivity index (χ0n) is 13.7. The lowest BCUT2D eigenvalue weighted by atomic mass is 9.79. The molecule has 1 fully saturated rings. The van der Waals surface area contributed by atoms with Gasteiger partial charge < -0.3 is 10.5 Å². The number of rotatable bonds is 3. The molecule has 1 aliphatic heterocycles. The van der Waals surface area contributed by atoms with Crippen molar-refractivity contribution in [1.82, 2.24) is 9.88 Å². The molecule has 118 valence electrons. The average molecular weight is 311 g/mol. The van der Waals surface area contributed by atoms with Gasteiger partial charge in [-0.05, 0) is 41.7 Å². The third-order valence-electron chi connectivity index (χ3n) is 4.48. The summed E-state index contributed by atoms with van der Waals surface area (Å²) < 4.78 is 6.06. The number of nitrogens with zero attached hydrogens (tertiary/aromatic N) is 2. The fourth-order valence-electron chi connectivity index (χ4n) is 3.16. The maximum absolute atomic E-state index is 11.5. The molecule has 0 spiro atoms. The summed E-state index contributed by atoms with van der Waals surface area (Å²) >= 11 is 1.29. The zero-order valence-corrected chi connectivity index (χ0v) is 14.5. The first-order valence-electron chi connectivity index (χ1n) is 7.21. The lowest BCUT2D eigenvalue weighted by Crippen LogP contribution is -2.60. The molecule has 0 bridgehead atoms. The van der Waals surface area contributed by atoms with Crippen molar-refractivity contribution in [3.05, 3.63) is 9.88 Å². The fourth-order valence-corrected chi connectivity index (χ4v) is 3.87. The Hall–Kier alpha value is -1.14. The fraction of sp³-hybridized carbons (Fsp3) is 0.733. The van der Waals surface area contributed by atoms with Gasteiger partial charge >= 0.3 is 0 Å². The Morgan fingerprint density at radius 3 is 2.33 bits per heavy atom. The number of hydrogen-bond donors (Lipinski definition) is 1. The SMILES string of the molecule is Cc1nc(OC2CC(C)(C)N(C)C(C)(C)C2)c(C(N)=O)s1. The lowest BCUT2D eigenvalue weighted by Gasteiger charge is -2.53. The van der Waals surface area contributed by atoms with Crippen LogP contribution in [0.25, 0.3) is 0 Å². The smallest absolute Gasteiger partial charge is 0.264 e. The minimum atomic E-state index is -0.470. The van der Waals surface area contributed by atoms with Crippen molar-refractivity contribution in [2.45, 2.75) is 64.6 Å². The van der Waals surface area contributed by atoms with Gasteiger partial charge in [0.1, 0.15) is 6.10 Å². The van der Waals surface area contributed by atoms with E-state index in [-0.39, 0.29) is 17.2 Å². The normalized spacial score (nSPS) is 22.2. The van der Waals surface area contributed by atoms with E-state index in [1.807, 2.05) is 6.92 Å². The number of hydrogen-bond acceptors (Lipinski definition) is 5. The van der Waals surface area contributed by atoms with Crippen molar-refractivity contribution in [3.63, 3.8) is 0 Å². The van der Waals surface area contributed by atoms with Crippen LogP contribution in [0.2, 0.25) is 0 Å². The predicted molar refractivity (Wildman–Crippen MR) is 84.9 cm³/mol. The molecular weight excluding hydrogens is 286 g/mol. The first-order valence-corrected chi connectivity index (χ1v) is 8.02. The van der Waals surface area contributed by atoms with Crippen LogP contribution in [-0.2, 0) is 0 Å². The van der Waals surface area contributed by atoms with E-state index in [0.717, 1.165) is 17.8 Å². The van der Waals surface area contributed by atoms with Gasteiger partial charge in [-0.15, -0.1) is 11.3 Å². The molecule has 0 saturated carbocycles. The van der Waals surface area contributed by atoms with Gasteiger partial charge in [-0.1, -0.05) is 0 Å². The molecule has 0 radical (unpaired) electrons. The second-order valence-electron chi connectivity index (χ2n) is 7.06. The van der Waals surface area contributed by atoms with Crippen LogP contribution >= 0.6 is 11.3 Å². The van der Waals surface area contributed by atoms with Crippen molar-refractivity contribution >= 4 is 17.2 Å². The van der Waals surface area contributed by atoms with Crippen LogP contribution < -0.4 is 10.5 Å². The highest BCUT2D eigenvalue weighted by molar-refractivity contribution is 7.13. The topological polar surface area (TPSA) is 68.4 Å². The molecule has 1 aromatic heterocycles. The molecule has 1 amide bonds. The molecule has 0 aliphatic carbocycles. The van der Waals surface area contributed by atoms with Crippen molar-refractivity contribution < 1.29 is 9.53 Å². The van der Waals surface area contributed by atoms with Crippen LogP contribution in [0, 0.1) is 6.92 Å². The highest BCUT2D eigenvalue weighted by atomic mass is 32.1. The van der Waals surface area contributed by atoms with Crippen molar-refractivity contribution in [2.75, 3.05) is 7.05 Å². The van der Waals surface area contributed by atoms with E-state index in [1.54, 1.807) is 0 Å². The van der Waals surface area contributed by atoms with Gasteiger partial charge in [0, 0.05) is 23.9 Å². The predicted octanol–water partition coefficient (Wildman–Crippen LogP) is 2.58. The number of likely N-dealkylation sites (tertiary alicyclic amines) is 1. The molecule has 0 atom stereocenters. The molecule has 0 unspecified atom stereocenters. The Bertz CT molecular complexity index is 533. The maximum Gasteiger partial charge on any atom is 0.264 e. The molecule has 2 rings (SSSR count). The molecule has 1 aliphatic rings. The molecule has 2 N–H and O–H groups in total. The van der Waals surface area contributed by atoms with Gasteiger partial charge in [-0.2, -0.15) is 0 Å². The number of piperidine rings is 1. The standard InChI is InChI=1S/C15H25N3O2S/c1-9-17-13(11(21-9)12(16)19)20-10-7-14(2,3)18(6)15(4,5)8-10/h10H,7-8H2,1-6H3,(H2,16,19). The summed E-state index contributed by atoms with van der Waals surface area (Å²) in [5.41, 5.74) is 5.47. The first kappa shape index (κ1) is 16.2. The number of carbonyl (C=O) groups is 1. The number of primary amides is 1. The number of amides is 1. The van der Waals surface area contributed by atoms with Crippen molar-refractivity contribution in [3.8, 4) is 5.88 Å². The Kier molecular flexibility index (Phi) is 4.06. The van der Waals surface area contributed by atoms with E-state index < -0.39 is 5.91 Å². The first-order chi connectivity index (χ1) is 9.53. The molecule has 2 heterocycles. The number of aryl methyl sites for hydroxylation is 1. The molecule has 1 saturated heterocycles. The largest absolute Gasteiger partial charge is 0.473 e. The Morgan fingerprint density at radius 1 is 1.33 bits per heavy atom. The van der Waals surface area contributed by atoms with E-state index >= 15 is 0 Å². The van der Waals surface area contributed by atoms with E-state index in [2.05, 4.69) is 44.6 Å². The second kappa shape index (κ2) is 5.25. The molecular formula is C15H25N3O2S. The van der Waals surface area contributed by atoms with Gasteiger partial charge in [-0.25, -0.2) is 4.98 Å². The summed E-state index contributed by atoms with van der Waals surface area (Å²) in [7, 11) is 2.15. The zero-order chi connectivity index (χ0) is 16.0. The summed E-state index contributed by atoms with van der Waals surface area (Å²) in [6.07, 6.45) is 1.81. The second-order valence-corrected chi connectivity index (χ2v) is 8.27. The van der Waals surface area contributed by atoms with Crippen LogP contribution in [0.1, 0.15) is 55.2 Å². The van der Waals surface area contributed by atoms with E-state index in [0.29, 0.717) is 10.8 Å². The van der Waals surface area contributed by atoms with Crippen LogP contribution in [0.4, 0.5) is 0 Å². The van der Waals surface area contributed by atoms with Gasteiger partial charge in [0.05, 0.1) is 5.01 Å². The van der Waals surface area contributed by atoms with Crippen LogP contribution in [0.5, 0.6) is 5.88 Å². The van der Waals surface area contributed by atoms with Crippen molar-refractivity contribution in [1.29, 1.82) is 0 Å². The number of carbonyl (C=O) groups excluding carboxylic acids is 1. The summed E-state index contributed by atoms with van der Waals surface area (Å²) in [5, 5.41) is 0.797. The quantitative estimate of drug-likeness (QED) is 0.931. The van der Waals surface area contributed by atoms with E-state index in [1.165, 1.54) is 11.3 Å². The van der Waals surface area contributed by atoms with Crippen LogP contribution in [0.15, 0.2) is 0 Å². The molecule has 21 heavy (non-hydrogen) atoms.